The van der Waals surface area contributed by atoms with Gasteiger partial charge in [-0.15, -0.1) is 0 Å². The number of ether oxygens (including phenoxy) is 2. The van der Waals surface area contributed by atoms with E-state index in [1.165, 1.54) is 0 Å². The van der Waals surface area contributed by atoms with Crippen LogP contribution in [-0.4, -0.2) is 38.3 Å². The highest BCUT2D eigenvalue weighted by atomic mass is 32.2. The number of para-hydroxylation sites is 2. The van der Waals surface area contributed by atoms with Crippen molar-refractivity contribution in [2.24, 2.45) is 7.05 Å². The van der Waals surface area contributed by atoms with E-state index < -0.39 is 6.29 Å². The summed E-state index contributed by atoms with van der Waals surface area (Å²) in [4.78, 5) is 29.3. The van der Waals surface area contributed by atoms with Gasteiger partial charge in [-0.05, 0) is 58.9 Å². The van der Waals surface area contributed by atoms with E-state index in [-0.39, 0.29) is 30.6 Å². The third-order valence-corrected chi connectivity index (χ3v) is 10.5. The molecule has 1 saturated heterocycles. The predicted molar refractivity (Wildman–Crippen MR) is 209 cm³/mol. The molecule has 5 N–H and O–H groups in total. The van der Waals surface area contributed by atoms with Gasteiger partial charge >= 0.3 is 0 Å². The second-order valence-corrected chi connectivity index (χ2v) is 14.3. The van der Waals surface area contributed by atoms with Gasteiger partial charge in [0.25, 0.3) is 0 Å². The number of amides is 2. The first-order valence-electron chi connectivity index (χ1n) is 18.1. The van der Waals surface area contributed by atoms with Crippen molar-refractivity contribution in [2.45, 2.75) is 75.3 Å². The summed E-state index contributed by atoms with van der Waals surface area (Å²) in [7, 11) is 1.99. The Morgan fingerprint density at radius 3 is 2.36 bits per heavy atom. The molecule has 1 aliphatic heterocycles. The number of aliphatic hydroxyl groups is 1. The predicted octanol–water partition coefficient (Wildman–Crippen LogP) is 7.70. The fraction of sp³-hybridized carbons (Fsp3) is 0.310. The highest BCUT2D eigenvalue weighted by Gasteiger charge is 2.32. The maximum Gasteiger partial charge on any atom is 0.224 e. The van der Waals surface area contributed by atoms with Gasteiger partial charge in [0.05, 0.1) is 30.2 Å². The minimum Gasteiger partial charge on any atom is -0.397 e. The van der Waals surface area contributed by atoms with Gasteiger partial charge in [-0.25, -0.2) is 4.98 Å². The molecule has 5 aromatic rings. The largest absolute Gasteiger partial charge is 0.397 e. The first-order chi connectivity index (χ1) is 25.8. The first kappa shape index (κ1) is 37.8. The zero-order valence-electron chi connectivity index (χ0n) is 29.9. The average molecular weight is 734 g/mol. The van der Waals surface area contributed by atoms with Crippen LogP contribution in [0.2, 0.25) is 0 Å². The molecule has 1 fully saturated rings. The number of anilines is 2. The van der Waals surface area contributed by atoms with Crippen LogP contribution in [0.3, 0.4) is 0 Å². The molecular weight excluding hydrogens is 687 g/mol. The lowest BCUT2D eigenvalue weighted by molar-refractivity contribution is -0.245. The number of unbranched alkanes of at least 4 members (excludes halogenated alkanes) is 2. The lowest BCUT2D eigenvalue weighted by atomic mass is 9.99. The van der Waals surface area contributed by atoms with Crippen LogP contribution in [0.4, 0.5) is 11.4 Å². The molecule has 6 rings (SSSR count). The van der Waals surface area contributed by atoms with Gasteiger partial charge < -0.3 is 35.5 Å². The summed E-state index contributed by atoms with van der Waals surface area (Å²) in [5, 5.41) is 16.3. The molecule has 1 aromatic heterocycles. The van der Waals surface area contributed by atoms with Crippen LogP contribution in [0.15, 0.2) is 115 Å². The smallest absolute Gasteiger partial charge is 0.224 e. The number of aryl methyl sites for hydroxylation is 1. The number of carbonyl (C=O) groups excluding carboxylic acids is 2. The molecule has 3 atom stereocenters. The number of hydrogen-bond acceptors (Lipinski definition) is 8. The van der Waals surface area contributed by atoms with E-state index in [4.69, 9.17) is 15.2 Å². The molecule has 0 radical (unpaired) electrons. The molecule has 2 amide bonds. The zero-order valence-corrected chi connectivity index (χ0v) is 30.8. The standard InChI is InChI=1S/C42H47N5O5S/c1-47-23-22-44-42(47)53-28-35-25-38(32-16-14-29(27-48)15-17-32)52-41(51-35)33-20-18-31(19-21-33)34-9-7-8-30(24-34)26-45-39(49)12-3-2-4-13-40(50)46-37-11-6-5-10-36(37)43/h5-11,14-24,35,38,41,48H,2-4,12-13,25-28,43H2,1H3,(H,45,49)(H,46,50)/t35-,38+,41+/m0/s1. The van der Waals surface area contributed by atoms with Crippen molar-refractivity contribution >= 4 is 35.0 Å². The number of nitrogens with two attached hydrogens (primary N) is 1. The lowest BCUT2D eigenvalue weighted by Gasteiger charge is -2.36. The minimum absolute atomic E-state index is 0.00131. The number of thioether (sulfide) groups is 1. The summed E-state index contributed by atoms with van der Waals surface area (Å²) in [6.45, 7) is 0.440. The van der Waals surface area contributed by atoms with Crippen LogP contribution in [0, 0.1) is 0 Å². The Labute approximate surface area is 315 Å². The summed E-state index contributed by atoms with van der Waals surface area (Å²) in [6, 6.07) is 31.5. The summed E-state index contributed by atoms with van der Waals surface area (Å²) in [5.74, 6) is 0.655. The Hall–Kier alpha value is -4.94. The SMILES string of the molecule is Cn1ccnc1SC[C@@H]1C[C@H](c2ccc(CO)cc2)O[C@H](c2ccc(-c3cccc(CNC(=O)CCCCCC(=O)Nc4ccccc4N)c3)cc2)O1. The Balaban J connectivity index is 0.997. The quantitative estimate of drug-likeness (QED) is 0.0460. The first-order valence-corrected chi connectivity index (χ1v) is 19.0. The molecular formula is C42H47N5O5S. The van der Waals surface area contributed by atoms with Gasteiger partial charge in [-0.1, -0.05) is 97.0 Å². The maximum atomic E-state index is 12.6. The zero-order chi connectivity index (χ0) is 37.0. The second kappa shape index (κ2) is 18.7. The van der Waals surface area contributed by atoms with Gasteiger partial charge in [0, 0.05) is 56.6 Å². The van der Waals surface area contributed by atoms with E-state index in [1.54, 1.807) is 30.1 Å². The van der Waals surface area contributed by atoms with Crippen molar-refractivity contribution in [1.82, 2.24) is 14.9 Å². The molecule has 10 nitrogen and oxygen atoms in total. The van der Waals surface area contributed by atoms with Crippen molar-refractivity contribution in [3.63, 3.8) is 0 Å². The topological polar surface area (TPSA) is 141 Å². The minimum atomic E-state index is -0.542. The molecule has 0 aliphatic carbocycles. The molecule has 0 spiro atoms. The van der Waals surface area contributed by atoms with E-state index in [1.807, 2.05) is 66.3 Å². The molecule has 0 saturated carbocycles. The van der Waals surface area contributed by atoms with Crippen molar-refractivity contribution in [3.05, 3.63) is 132 Å². The van der Waals surface area contributed by atoms with Crippen molar-refractivity contribution < 1.29 is 24.2 Å². The molecule has 276 valence electrons. The van der Waals surface area contributed by atoms with Crippen LogP contribution >= 0.6 is 11.8 Å². The molecule has 1 aliphatic rings. The molecule has 4 aromatic carbocycles. The number of aromatic nitrogens is 2. The number of aliphatic hydroxyl groups excluding tert-OH is 1. The number of nitrogens with one attached hydrogen (secondary N) is 2. The summed E-state index contributed by atoms with van der Waals surface area (Å²) >= 11 is 1.67. The van der Waals surface area contributed by atoms with Crippen molar-refractivity contribution in [2.75, 3.05) is 16.8 Å². The Kier molecular flexibility index (Phi) is 13.3. The van der Waals surface area contributed by atoms with Gasteiger partial charge in [-0.2, -0.15) is 0 Å². The van der Waals surface area contributed by atoms with Crippen LogP contribution < -0.4 is 16.4 Å². The molecule has 0 unspecified atom stereocenters. The van der Waals surface area contributed by atoms with Gasteiger partial charge in [0.1, 0.15) is 0 Å². The summed E-state index contributed by atoms with van der Waals surface area (Å²) < 4.78 is 15.1. The lowest BCUT2D eigenvalue weighted by Crippen LogP contribution is -2.31. The fourth-order valence-corrected chi connectivity index (χ4v) is 7.18. The fourth-order valence-electron chi connectivity index (χ4n) is 6.24. The number of imidazole rings is 1. The monoisotopic (exact) mass is 733 g/mol. The Morgan fingerprint density at radius 1 is 0.868 bits per heavy atom. The summed E-state index contributed by atoms with van der Waals surface area (Å²) in [5.41, 5.74) is 13.0. The normalized spacial score (nSPS) is 17.0. The second-order valence-electron chi connectivity index (χ2n) is 13.3. The maximum absolute atomic E-state index is 12.6. The number of rotatable bonds is 16. The molecule has 11 heteroatoms. The summed E-state index contributed by atoms with van der Waals surface area (Å²) in [6.07, 6.45) is 6.69. The van der Waals surface area contributed by atoms with E-state index >= 15 is 0 Å². The van der Waals surface area contributed by atoms with Crippen LogP contribution in [0.5, 0.6) is 0 Å². The molecule has 2 heterocycles. The number of benzene rings is 4. The van der Waals surface area contributed by atoms with E-state index in [0.717, 1.165) is 50.7 Å². The number of nitrogen functional groups attached to an aromatic ring is 1. The van der Waals surface area contributed by atoms with Crippen LogP contribution in [0.1, 0.15) is 73.2 Å². The third kappa shape index (κ3) is 10.8. The third-order valence-electron chi connectivity index (χ3n) is 9.27. The number of hydrogen-bond donors (Lipinski definition) is 4. The average Bonchev–Trinajstić information content (AvgIpc) is 3.61. The van der Waals surface area contributed by atoms with Crippen molar-refractivity contribution in [3.8, 4) is 11.1 Å². The van der Waals surface area contributed by atoms with Crippen LogP contribution in [-0.2, 0) is 39.3 Å². The van der Waals surface area contributed by atoms with E-state index in [2.05, 4.69) is 52.0 Å². The van der Waals surface area contributed by atoms with Gasteiger partial charge in [0.2, 0.25) is 11.8 Å². The van der Waals surface area contributed by atoms with Gasteiger partial charge in [-0.3, -0.25) is 9.59 Å². The number of nitrogens with zero attached hydrogens (tertiary/aromatic N) is 2. The molecule has 0 bridgehead atoms. The van der Waals surface area contributed by atoms with E-state index in [9.17, 15) is 14.7 Å². The van der Waals surface area contributed by atoms with Gasteiger partial charge in [0.15, 0.2) is 11.4 Å². The Bertz CT molecular complexity index is 1950. The Morgan fingerprint density at radius 2 is 1.62 bits per heavy atom. The van der Waals surface area contributed by atoms with E-state index in [0.29, 0.717) is 50.0 Å². The highest BCUT2D eigenvalue weighted by Crippen LogP contribution is 2.39. The van der Waals surface area contributed by atoms with Crippen LogP contribution in [0.25, 0.3) is 11.1 Å². The number of carbonyl (C=O) groups is 2. The van der Waals surface area contributed by atoms with Crippen molar-refractivity contribution in [1.29, 1.82) is 0 Å². The highest BCUT2D eigenvalue weighted by molar-refractivity contribution is 7.99. The molecule has 53 heavy (non-hydrogen) atoms.